The molecule has 140 valence electrons. The SMILES string of the molecule is CCC1=C(C(=O)O)NC(C(=O)O)=CC1(CC)c1ccc(C(C)(C)C)cc1. The number of aliphatic carboxylic acids is 2. The van der Waals surface area contributed by atoms with Gasteiger partial charge in [0.2, 0.25) is 0 Å². The highest BCUT2D eigenvalue weighted by Gasteiger charge is 2.40. The minimum absolute atomic E-state index is 0.00371. The Hall–Kier alpha value is -2.56. The molecule has 0 fully saturated rings. The van der Waals surface area contributed by atoms with Gasteiger partial charge >= 0.3 is 11.9 Å². The Bertz CT molecular complexity index is 781. The molecule has 5 heteroatoms. The minimum atomic E-state index is -1.16. The van der Waals surface area contributed by atoms with Crippen LogP contribution in [-0.2, 0) is 20.4 Å². The lowest BCUT2D eigenvalue weighted by atomic mass is 9.68. The van der Waals surface area contributed by atoms with Crippen LogP contribution in [0.2, 0.25) is 0 Å². The number of benzene rings is 1. The second-order valence-electron chi connectivity index (χ2n) is 7.65. The molecule has 1 aromatic rings. The molecule has 5 nitrogen and oxygen atoms in total. The molecule has 1 unspecified atom stereocenters. The first kappa shape index (κ1) is 19.8. The predicted octanol–water partition coefficient (Wildman–Crippen LogP) is 3.95. The molecular formula is C21H27NO4. The van der Waals surface area contributed by atoms with E-state index < -0.39 is 17.4 Å². The van der Waals surface area contributed by atoms with E-state index in [0.717, 1.165) is 5.56 Å². The first-order valence-electron chi connectivity index (χ1n) is 8.88. The van der Waals surface area contributed by atoms with Crippen LogP contribution in [0.5, 0.6) is 0 Å². The van der Waals surface area contributed by atoms with Crippen molar-refractivity contribution >= 4 is 11.9 Å². The molecule has 1 atom stereocenters. The van der Waals surface area contributed by atoms with Crippen molar-refractivity contribution in [3.63, 3.8) is 0 Å². The second kappa shape index (κ2) is 6.98. The van der Waals surface area contributed by atoms with Gasteiger partial charge in [0, 0.05) is 5.41 Å². The summed E-state index contributed by atoms with van der Waals surface area (Å²) in [6.07, 6.45) is 2.74. The molecule has 0 amide bonds. The quantitative estimate of drug-likeness (QED) is 0.743. The molecule has 1 heterocycles. The zero-order chi connectivity index (χ0) is 19.7. The lowest BCUT2D eigenvalue weighted by Crippen LogP contribution is -2.39. The Morgan fingerprint density at radius 1 is 1.04 bits per heavy atom. The van der Waals surface area contributed by atoms with Crippen LogP contribution >= 0.6 is 0 Å². The summed E-state index contributed by atoms with van der Waals surface area (Å²) >= 11 is 0. The maximum absolute atomic E-state index is 11.8. The van der Waals surface area contributed by atoms with E-state index in [-0.39, 0.29) is 16.8 Å². The van der Waals surface area contributed by atoms with E-state index in [1.54, 1.807) is 6.08 Å². The average molecular weight is 357 g/mol. The van der Waals surface area contributed by atoms with Gasteiger partial charge in [-0.1, -0.05) is 58.9 Å². The van der Waals surface area contributed by atoms with Crippen molar-refractivity contribution in [2.45, 2.75) is 58.3 Å². The van der Waals surface area contributed by atoms with Crippen molar-refractivity contribution in [3.8, 4) is 0 Å². The Balaban J connectivity index is 2.73. The number of carboxylic acids is 2. The van der Waals surface area contributed by atoms with Crippen molar-refractivity contribution < 1.29 is 19.8 Å². The van der Waals surface area contributed by atoms with Gasteiger partial charge in [-0.2, -0.15) is 0 Å². The van der Waals surface area contributed by atoms with E-state index in [1.807, 2.05) is 38.1 Å². The maximum Gasteiger partial charge on any atom is 0.352 e. The van der Waals surface area contributed by atoms with Crippen LogP contribution in [0.15, 0.2) is 47.3 Å². The fraction of sp³-hybridized carbons (Fsp3) is 0.429. The smallest absolute Gasteiger partial charge is 0.352 e. The van der Waals surface area contributed by atoms with Crippen LogP contribution in [0.1, 0.15) is 58.6 Å². The Kier molecular flexibility index (Phi) is 5.31. The van der Waals surface area contributed by atoms with Crippen LogP contribution in [-0.4, -0.2) is 22.2 Å². The number of hydrogen-bond donors (Lipinski definition) is 3. The maximum atomic E-state index is 11.8. The van der Waals surface area contributed by atoms with Gasteiger partial charge in [0.25, 0.3) is 0 Å². The summed E-state index contributed by atoms with van der Waals surface area (Å²) in [5.74, 6) is -2.30. The van der Waals surface area contributed by atoms with E-state index in [0.29, 0.717) is 18.4 Å². The van der Waals surface area contributed by atoms with E-state index in [1.165, 1.54) is 5.56 Å². The summed E-state index contributed by atoms with van der Waals surface area (Å²) < 4.78 is 0. The molecule has 0 aromatic heterocycles. The molecule has 0 saturated carbocycles. The van der Waals surface area contributed by atoms with E-state index in [2.05, 4.69) is 26.1 Å². The van der Waals surface area contributed by atoms with Gasteiger partial charge in [0.1, 0.15) is 11.4 Å². The predicted molar refractivity (Wildman–Crippen MR) is 101 cm³/mol. The van der Waals surface area contributed by atoms with Crippen molar-refractivity contribution in [3.05, 3.63) is 58.4 Å². The molecule has 26 heavy (non-hydrogen) atoms. The number of allylic oxidation sites excluding steroid dienone is 2. The van der Waals surface area contributed by atoms with Crippen LogP contribution < -0.4 is 5.32 Å². The lowest BCUT2D eigenvalue weighted by Gasteiger charge is -2.38. The lowest BCUT2D eigenvalue weighted by molar-refractivity contribution is -0.133. The summed E-state index contributed by atoms with van der Waals surface area (Å²) in [7, 11) is 0. The number of rotatable bonds is 5. The average Bonchev–Trinajstić information content (AvgIpc) is 2.59. The molecule has 2 rings (SSSR count). The first-order valence-corrected chi connectivity index (χ1v) is 8.88. The zero-order valence-corrected chi connectivity index (χ0v) is 16.0. The number of carbonyl (C=O) groups is 2. The molecule has 0 spiro atoms. The van der Waals surface area contributed by atoms with Crippen LogP contribution in [0.25, 0.3) is 0 Å². The molecule has 0 aliphatic carbocycles. The molecule has 1 aromatic carbocycles. The largest absolute Gasteiger partial charge is 0.477 e. The molecular weight excluding hydrogens is 330 g/mol. The van der Waals surface area contributed by atoms with Crippen molar-refractivity contribution in [1.29, 1.82) is 0 Å². The molecule has 0 bridgehead atoms. The van der Waals surface area contributed by atoms with E-state index in [4.69, 9.17) is 0 Å². The Labute approximate surface area is 154 Å². The van der Waals surface area contributed by atoms with E-state index in [9.17, 15) is 19.8 Å². The number of dihydropyridines is 1. The zero-order valence-electron chi connectivity index (χ0n) is 16.0. The minimum Gasteiger partial charge on any atom is -0.477 e. The van der Waals surface area contributed by atoms with Crippen molar-refractivity contribution in [2.75, 3.05) is 0 Å². The van der Waals surface area contributed by atoms with Gasteiger partial charge < -0.3 is 15.5 Å². The third-order valence-electron chi connectivity index (χ3n) is 5.11. The number of carboxylic acid groups (broad SMARTS) is 2. The monoisotopic (exact) mass is 357 g/mol. The molecule has 1 aliphatic rings. The van der Waals surface area contributed by atoms with Crippen LogP contribution in [0.4, 0.5) is 0 Å². The summed E-state index contributed by atoms with van der Waals surface area (Å²) in [6.45, 7) is 10.2. The van der Waals surface area contributed by atoms with Gasteiger partial charge in [0.15, 0.2) is 0 Å². The molecule has 1 aliphatic heterocycles. The topological polar surface area (TPSA) is 86.6 Å². The third kappa shape index (κ3) is 3.39. The normalized spacial score (nSPS) is 20.4. The standard InChI is InChI=1S/C21H27NO4/c1-6-15-17(19(25)26)22-16(18(23)24)12-21(15,7-2)14-10-8-13(9-11-14)20(3,4)5/h8-12,22H,6-7H2,1-5H3,(H,23,24)(H,25,26). The fourth-order valence-electron chi connectivity index (χ4n) is 3.64. The third-order valence-corrected chi connectivity index (χ3v) is 5.11. The van der Waals surface area contributed by atoms with Gasteiger partial charge in [0.05, 0.1) is 0 Å². The summed E-state index contributed by atoms with van der Waals surface area (Å²) in [5.41, 5.74) is 1.89. The summed E-state index contributed by atoms with van der Waals surface area (Å²) in [5, 5.41) is 21.7. The van der Waals surface area contributed by atoms with Crippen LogP contribution in [0.3, 0.4) is 0 Å². The second-order valence-corrected chi connectivity index (χ2v) is 7.65. The number of hydrogen-bond acceptors (Lipinski definition) is 3. The number of nitrogens with one attached hydrogen (secondary N) is 1. The summed E-state index contributed by atoms with van der Waals surface area (Å²) in [6, 6.07) is 8.05. The molecule has 3 N–H and O–H groups in total. The van der Waals surface area contributed by atoms with E-state index >= 15 is 0 Å². The van der Waals surface area contributed by atoms with Crippen molar-refractivity contribution in [1.82, 2.24) is 5.32 Å². The van der Waals surface area contributed by atoms with Gasteiger partial charge in [-0.3, -0.25) is 0 Å². The van der Waals surface area contributed by atoms with Gasteiger partial charge in [-0.25, -0.2) is 9.59 Å². The fourth-order valence-corrected chi connectivity index (χ4v) is 3.64. The van der Waals surface area contributed by atoms with Gasteiger partial charge in [-0.05, 0) is 41.0 Å². The van der Waals surface area contributed by atoms with Gasteiger partial charge in [-0.15, -0.1) is 0 Å². The van der Waals surface area contributed by atoms with Crippen molar-refractivity contribution in [2.24, 2.45) is 0 Å². The Morgan fingerprint density at radius 2 is 1.62 bits per heavy atom. The highest BCUT2D eigenvalue weighted by atomic mass is 16.4. The molecule has 0 saturated heterocycles. The first-order chi connectivity index (χ1) is 12.1. The highest BCUT2D eigenvalue weighted by molar-refractivity contribution is 5.94. The highest BCUT2D eigenvalue weighted by Crippen LogP contribution is 2.43. The van der Waals surface area contributed by atoms with Crippen LogP contribution in [0, 0.1) is 0 Å². The summed E-state index contributed by atoms with van der Waals surface area (Å²) in [4.78, 5) is 23.4. The Morgan fingerprint density at radius 3 is 2.00 bits per heavy atom. The molecule has 0 radical (unpaired) electrons.